The van der Waals surface area contributed by atoms with Crippen molar-refractivity contribution in [2.24, 2.45) is 0 Å². The molecule has 1 aliphatic rings. The van der Waals surface area contributed by atoms with Crippen LogP contribution in [0.4, 0.5) is 5.69 Å². The zero-order chi connectivity index (χ0) is 19.6. The fraction of sp³-hybridized carbons (Fsp3) is 0.412. The van der Waals surface area contributed by atoms with Gasteiger partial charge in [-0.05, 0) is 31.0 Å². The summed E-state index contributed by atoms with van der Waals surface area (Å²) in [5.41, 5.74) is 0.745. The molecular formula is C17H21N5O4S. The average molecular weight is 391 g/mol. The second-order valence-electron chi connectivity index (χ2n) is 6.79. The number of H-pyrrole nitrogens is 1. The molecule has 0 unspecified atom stereocenters. The highest BCUT2D eigenvalue weighted by atomic mass is 32.2. The Morgan fingerprint density at radius 1 is 1.30 bits per heavy atom. The first kappa shape index (κ1) is 19.0. The summed E-state index contributed by atoms with van der Waals surface area (Å²) >= 11 is 0. The first-order valence-electron chi connectivity index (χ1n) is 8.60. The average Bonchev–Trinajstić information content (AvgIpc) is 3.24. The van der Waals surface area contributed by atoms with Gasteiger partial charge in [0.1, 0.15) is 11.6 Å². The molecule has 0 aliphatic heterocycles. The van der Waals surface area contributed by atoms with Crippen LogP contribution in [0.5, 0.6) is 0 Å². The fourth-order valence-electron chi connectivity index (χ4n) is 2.32. The molecule has 1 saturated carbocycles. The predicted molar refractivity (Wildman–Crippen MR) is 98.1 cm³/mol. The topological polar surface area (TPSA) is 134 Å². The van der Waals surface area contributed by atoms with Gasteiger partial charge in [-0.25, -0.2) is 13.4 Å². The fourth-order valence-corrected chi connectivity index (χ4v) is 3.29. The molecule has 0 atom stereocenters. The number of carbonyl (C=O) groups excluding carboxylic acids is 2. The first-order valence-corrected chi connectivity index (χ1v) is 10.3. The van der Waals surface area contributed by atoms with Crippen molar-refractivity contribution in [1.29, 1.82) is 0 Å². The third kappa shape index (κ3) is 4.91. The van der Waals surface area contributed by atoms with Crippen molar-refractivity contribution in [2.45, 2.75) is 43.8 Å². The van der Waals surface area contributed by atoms with E-state index in [1.807, 2.05) is 13.8 Å². The number of hydrogen-bond donors (Lipinski definition) is 3. The molecule has 0 spiro atoms. The van der Waals surface area contributed by atoms with Crippen LogP contribution < -0.4 is 10.6 Å². The van der Waals surface area contributed by atoms with Crippen molar-refractivity contribution in [3.8, 4) is 0 Å². The van der Waals surface area contributed by atoms with Crippen molar-refractivity contribution in [1.82, 2.24) is 20.5 Å². The van der Waals surface area contributed by atoms with Crippen molar-refractivity contribution in [2.75, 3.05) is 11.1 Å². The van der Waals surface area contributed by atoms with Gasteiger partial charge in [0, 0.05) is 23.2 Å². The molecule has 1 aromatic carbocycles. The van der Waals surface area contributed by atoms with Crippen LogP contribution in [0, 0.1) is 0 Å². The van der Waals surface area contributed by atoms with Crippen molar-refractivity contribution in [3.63, 3.8) is 0 Å². The zero-order valence-corrected chi connectivity index (χ0v) is 15.8. The van der Waals surface area contributed by atoms with Crippen LogP contribution in [-0.2, 0) is 14.6 Å². The van der Waals surface area contributed by atoms with E-state index in [9.17, 15) is 18.0 Å². The number of carbonyl (C=O) groups is 2. The SMILES string of the molecule is CC(C)c1nc(S(=O)(=O)CC(=O)Nc2cccc(C(=O)NC3CC3)c2)n[nH]1. The first-order chi connectivity index (χ1) is 12.7. The Labute approximate surface area is 156 Å². The molecule has 3 N–H and O–H groups in total. The molecule has 0 radical (unpaired) electrons. The molecule has 0 bridgehead atoms. The van der Waals surface area contributed by atoms with E-state index < -0.39 is 26.7 Å². The number of amides is 2. The van der Waals surface area contributed by atoms with E-state index in [0.29, 0.717) is 17.1 Å². The van der Waals surface area contributed by atoms with Gasteiger partial charge in [-0.3, -0.25) is 14.7 Å². The standard InChI is InChI=1S/C17H21N5O4S/c1-10(2)15-20-17(22-21-15)27(25,26)9-14(23)18-13-5-3-4-11(8-13)16(24)19-12-6-7-12/h3-5,8,10,12H,6-7,9H2,1-2H3,(H,18,23)(H,19,24)(H,20,21,22). The predicted octanol–water partition coefficient (Wildman–Crippen LogP) is 1.23. The number of rotatable bonds is 7. The zero-order valence-electron chi connectivity index (χ0n) is 15.0. The van der Waals surface area contributed by atoms with E-state index in [0.717, 1.165) is 12.8 Å². The Hall–Kier alpha value is -2.75. The van der Waals surface area contributed by atoms with Gasteiger partial charge in [0.2, 0.25) is 15.7 Å². The number of nitrogens with one attached hydrogen (secondary N) is 3. The van der Waals surface area contributed by atoms with Gasteiger partial charge in [0.05, 0.1) is 0 Å². The Morgan fingerprint density at radius 3 is 2.67 bits per heavy atom. The molecule has 9 nitrogen and oxygen atoms in total. The molecule has 1 aromatic heterocycles. The van der Waals surface area contributed by atoms with Gasteiger partial charge in [0.25, 0.3) is 11.1 Å². The van der Waals surface area contributed by atoms with Crippen molar-refractivity contribution in [3.05, 3.63) is 35.7 Å². The van der Waals surface area contributed by atoms with Crippen LogP contribution in [0.25, 0.3) is 0 Å². The van der Waals surface area contributed by atoms with Crippen molar-refractivity contribution < 1.29 is 18.0 Å². The van der Waals surface area contributed by atoms with Gasteiger partial charge >= 0.3 is 0 Å². The van der Waals surface area contributed by atoms with E-state index in [-0.39, 0.29) is 17.9 Å². The lowest BCUT2D eigenvalue weighted by molar-refractivity contribution is -0.113. The summed E-state index contributed by atoms with van der Waals surface area (Å²) in [5.74, 6) is -1.32. The van der Waals surface area contributed by atoms with Crippen LogP contribution in [0.2, 0.25) is 0 Å². The van der Waals surface area contributed by atoms with E-state index in [4.69, 9.17) is 0 Å². The van der Waals surface area contributed by atoms with Gasteiger partial charge in [0.15, 0.2) is 0 Å². The second-order valence-corrected chi connectivity index (χ2v) is 8.68. The highest BCUT2D eigenvalue weighted by Crippen LogP contribution is 2.20. The third-order valence-electron chi connectivity index (χ3n) is 3.95. The van der Waals surface area contributed by atoms with Crippen LogP contribution in [0.3, 0.4) is 0 Å². The Kier molecular flexibility index (Phi) is 5.26. The van der Waals surface area contributed by atoms with E-state index in [1.54, 1.807) is 18.2 Å². The number of aromatic amines is 1. The molecule has 1 heterocycles. The van der Waals surface area contributed by atoms with Gasteiger partial charge < -0.3 is 10.6 Å². The molecule has 144 valence electrons. The summed E-state index contributed by atoms with van der Waals surface area (Å²) in [6.07, 6.45) is 1.94. The summed E-state index contributed by atoms with van der Waals surface area (Å²) in [7, 11) is -3.97. The molecule has 2 amide bonds. The van der Waals surface area contributed by atoms with Gasteiger partial charge in [-0.2, -0.15) is 0 Å². The lowest BCUT2D eigenvalue weighted by atomic mass is 10.2. The van der Waals surface area contributed by atoms with Crippen LogP contribution in [0.1, 0.15) is 48.8 Å². The Balaban J connectivity index is 1.65. The minimum Gasteiger partial charge on any atom is -0.349 e. The summed E-state index contributed by atoms with van der Waals surface area (Å²) in [4.78, 5) is 28.1. The highest BCUT2D eigenvalue weighted by molar-refractivity contribution is 7.92. The molecule has 3 rings (SSSR count). The molecule has 1 aliphatic carbocycles. The Bertz CT molecular complexity index is 963. The van der Waals surface area contributed by atoms with Gasteiger partial charge in [-0.1, -0.05) is 19.9 Å². The molecule has 2 aromatic rings. The molecule has 1 fully saturated rings. The number of nitrogens with zero attached hydrogens (tertiary/aromatic N) is 2. The maximum absolute atomic E-state index is 12.3. The monoisotopic (exact) mass is 391 g/mol. The largest absolute Gasteiger partial charge is 0.349 e. The lowest BCUT2D eigenvalue weighted by Gasteiger charge is -2.08. The molecule has 27 heavy (non-hydrogen) atoms. The molecular weight excluding hydrogens is 370 g/mol. The minimum absolute atomic E-state index is 0.0141. The van der Waals surface area contributed by atoms with E-state index >= 15 is 0 Å². The minimum atomic E-state index is -3.97. The summed E-state index contributed by atoms with van der Waals surface area (Å²) < 4.78 is 24.6. The van der Waals surface area contributed by atoms with Gasteiger partial charge in [-0.15, -0.1) is 5.10 Å². The maximum Gasteiger partial charge on any atom is 0.267 e. The van der Waals surface area contributed by atoms with Crippen LogP contribution >= 0.6 is 0 Å². The number of hydrogen-bond acceptors (Lipinski definition) is 6. The Morgan fingerprint density at radius 2 is 2.04 bits per heavy atom. The number of benzene rings is 1. The quantitative estimate of drug-likeness (QED) is 0.650. The molecule has 0 saturated heterocycles. The maximum atomic E-state index is 12.3. The number of anilines is 1. The van der Waals surface area contributed by atoms with E-state index in [2.05, 4.69) is 25.8 Å². The van der Waals surface area contributed by atoms with E-state index in [1.165, 1.54) is 6.07 Å². The summed E-state index contributed by atoms with van der Waals surface area (Å²) in [5, 5.41) is 11.2. The number of aromatic nitrogens is 3. The van der Waals surface area contributed by atoms with Crippen LogP contribution in [0.15, 0.2) is 29.4 Å². The third-order valence-corrected chi connectivity index (χ3v) is 5.33. The molecule has 10 heteroatoms. The lowest BCUT2D eigenvalue weighted by Crippen LogP contribution is -2.26. The smallest absolute Gasteiger partial charge is 0.267 e. The number of sulfone groups is 1. The van der Waals surface area contributed by atoms with Crippen LogP contribution in [-0.4, -0.2) is 47.2 Å². The van der Waals surface area contributed by atoms with Crippen molar-refractivity contribution >= 4 is 27.3 Å². The second kappa shape index (κ2) is 7.47. The normalized spacial score (nSPS) is 14.2. The summed E-state index contributed by atoms with van der Waals surface area (Å²) in [6.45, 7) is 3.69. The summed E-state index contributed by atoms with van der Waals surface area (Å²) in [6, 6.07) is 6.56. The highest BCUT2D eigenvalue weighted by Gasteiger charge is 2.26.